The molecule has 0 aliphatic carbocycles. The molecule has 1 aliphatic heterocycles. The van der Waals surface area contributed by atoms with Crippen LogP contribution in [-0.4, -0.2) is 24.2 Å². The van der Waals surface area contributed by atoms with Crippen LogP contribution >= 0.6 is 22.7 Å². The van der Waals surface area contributed by atoms with Crippen LogP contribution in [-0.2, 0) is 0 Å². The zero-order chi connectivity index (χ0) is 17.9. The highest BCUT2D eigenvalue weighted by Gasteiger charge is 2.20. The number of benzene rings is 1. The summed E-state index contributed by atoms with van der Waals surface area (Å²) in [5.74, 6) is -0.963. The van der Waals surface area contributed by atoms with E-state index < -0.39 is 5.97 Å². The second-order valence-corrected chi connectivity index (χ2v) is 8.01. The second kappa shape index (κ2) is 7.39. The summed E-state index contributed by atoms with van der Waals surface area (Å²) in [5.41, 5.74) is 1.60. The number of nitrogens with zero attached hydrogens (tertiary/aromatic N) is 3. The van der Waals surface area contributed by atoms with Crippen molar-refractivity contribution in [2.75, 3.05) is 18.0 Å². The Morgan fingerprint density at radius 1 is 1.04 bits per heavy atom. The minimum atomic E-state index is -0.963. The Morgan fingerprint density at radius 3 is 2.62 bits per heavy atom. The van der Waals surface area contributed by atoms with Crippen molar-refractivity contribution < 1.29 is 9.90 Å². The third-order valence-corrected chi connectivity index (χ3v) is 6.47. The van der Waals surface area contributed by atoms with Gasteiger partial charge in [0.2, 0.25) is 0 Å². The summed E-state index contributed by atoms with van der Waals surface area (Å²) in [6, 6.07) is 12.8. The van der Waals surface area contributed by atoms with Gasteiger partial charge in [-0.15, -0.1) is 27.8 Å². The average Bonchev–Trinajstić information content (AvgIpc) is 3.40. The SMILES string of the molecule is O=C(O)c1cccc(N=Nc2cc(-c3cccs3)sc2N2CCCC2)c1. The summed E-state index contributed by atoms with van der Waals surface area (Å²) >= 11 is 3.46. The van der Waals surface area contributed by atoms with Gasteiger partial charge in [0, 0.05) is 22.8 Å². The fourth-order valence-electron chi connectivity index (χ4n) is 2.94. The van der Waals surface area contributed by atoms with Crippen LogP contribution in [0.5, 0.6) is 0 Å². The quantitative estimate of drug-likeness (QED) is 0.534. The maximum atomic E-state index is 11.1. The van der Waals surface area contributed by atoms with E-state index >= 15 is 0 Å². The van der Waals surface area contributed by atoms with Crippen LogP contribution in [0.25, 0.3) is 9.75 Å². The highest BCUT2D eigenvalue weighted by atomic mass is 32.1. The highest BCUT2D eigenvalue weighted by Crippen LogP contribution is 2.45. The Kier molecular flexibility index (Phi) is 4.81. The molecule has 5 nitrogen and oxygen atoms in total. The number of rotatable bonds is 5. The third-order valence-electron chi connectivity index (χ3n) is 4.22. The number of carboxylic acids is 1. The molecular formula is C19H17N3O2S2. The van der Waals surface area contributed by atoms with Crippen LogP contribution in [0.3, 0.4) is 0 Å². The lowest BCUT2D eigenvalue weighted by atomic mass is 10.2. The first-order chi connectivity index (χ1) is 12.7. The summed E-state index contributed by atoms with van der Waals surface area (Å²) in [6.07, 6.45) is 2.40. The Morgan fingerprint density at radius 2 is 1.88 bits per heavy atom. The molecule has 1 fully saturated rings. The number of aromatic carboxylic acids is 1. The van der Waals surface area contributed by atoms with E-state index in [1.165, 1.54) is 28.7 Å². The monoisotopic (exact) mass is 383 g/mol. The van der Waals surface area contributed by atoms with Gasteiger partial charge in [-0.3, -0.25) is 0 Å². The van der Waals surface area contributed by atoms with E-state index in [2.05, 4.69) is 32.6 Å². The number of hydrogen-bond donors (Lipinski definition) is 1. The van der Waals surface area contributed by atoms with Gasteiger partial charge in [-0.05, 0) is 48.6 Å². The van der Waals surface area contributed by atoms with Crippen LogP contribution in [0.15, 0.2) is 58.1 Å². The van der Waals surface area contributed by atoms with E-state index in [4.69, 9.17) is 5.11 Å². The van der Waals surface area contributed by atoms with Crippen molar-refractivity contribution in [2.45, 2.75) is 12.8 Å². The smallest absolute Gasteiger partial charge is 0.335 e. The van der Waals surface area contributed by atoms with Crippen molar-refractivity contribution in [2.24, 2.45) is 10.2 Å². The van der Waals surface area contributed by atoms with Gasteiger partial charge in [-0.25, -0.2) is 4.79 Å². The van der Waals surface area contributed by atoms with E-state index in [1.807, 2.05) is 6.07 Å². The fraction of sp³-hybridized carbons (Fsp3) is 0.211. The second-order valence-electron chi connectivity index (χ2n) is 6.03. The first-order valence-corrected chi connectivity index (χ1v) is 10.1. The van der Waals surface area contributed by atoms with Crippen molar-refractivity contribution in [1.29, 1.82) is 0 Å². The minimum Gasteiger partial charge on any atom is -0.478 e. The molecule has 132 valence electrons. The van der Waals surface area contributed by atoms with Crippen molar-refractivity contribution in [1.82, 2.24) is 0 Å². The maximum Gasteiger partial charge on any atom is 0.335 e. The predicted molar refractivity (Wildman–Crippen MR) is 107 cm³/mol. The summed E-state index contributed by atoms with van der Waals surface area (Å²) in [4.78, 5) is 15.9. The molecule has 0 saturated carbocycles. The molecule has 1 aromatic carbocycles. The molecule has 1 saturated heterocycles. The van der Waals surface area contributed by atoms with E-state index in [1.54, 1.807) is 40.9 Å². The normalized spacial score (nSPS) is 14.4. The lowest BCUT2D eigenvalue weighted by Crippen LogP contribution is -2.16. The molecular weight excluding hydrogens is 366 g/mol. The van der Waals surface area contributed by atoms with E-state index in [-0.39, 0.29) is 5.56 Å². The molecule has 1 N–H and O–H groups in total. The third kappa shape index (κ3) is 3.54. The van der Waals surface area contributed by atoms with Crippen LogP contribution in [0, 0.1) is 0 Å². The molecule has 0 amide bonds. The summed E-state index contributed by atoms with van der Waals surface area (Å²) in [7, 11) is 0. The number of thiophene rings is 2. The Balaban J connectivity index is 1.68. The Bertz CT molecular complexity index is 942. The fourth-order valence-corrected chi connectivity index (χ4v) is 4.91. The van der Waals surface area contributed by atoms with Crippen LogP contribution in [0.4, 0.5) is 16.4 Å². The van der Waals surface area contributed by atoms with Gasteiger partial charge in [-0.2, -0.15) is 5.11 Å². The molecule has 0 atom stereocenters. The standard InChI is InChI=1S/C19H17N3O2S2/c23-19(24)13-5-3-6-14(11-13)20-21-15-12-17(16-7-4-10-25-16)26-18(15)22-8-1-2-9-22/h3-7,10-12H,1-2,8-9H2,(H,23,24). The van der Waals surface area contributed by atoms with Gasteiger partial charge in [0.05, 0.1) is 11.3 Å². The predicted octanol–water partition coefficient (Wildman–Crippen LogP) is 6.19. The van der Waals surface area contributed by atoms with E-state index in [9.17, 15) is 4.79 Å². The van der Waals surface area contributed by atoms with Crippen molar-refractivity contribution in [3.8, 4) is 9.75 Å². The maximum absolute atomic E-state index is 11.1. The molecule has 0 spiro atoms. The molecule has 0 unspecified atom stereocenters. The van der Waals surface area contributed by atoms with E-state index in [0.717, 1.165) is 23.8 Å². The largest absolute Gasteiger partial charge is 0.478 e. The zero-order valence-corrected chi connectivity index (χ0v) is 15.6. The highest BCUT2D eigenvalue weighted by molar-refractivity contribution is 7.24. The van der Waals surface area contributed by atoms with Gasteiger partial charge in [0.25, 0.3) is 0 Å². The van der Waals surface area contributed by atoms with Gasteiger partial charge in [0.1, 0.15) is 10.7 Å². The van der Waals surface area contributed by atoms with Crippen LogP contribution in [0.2, 0.25) is 0 Å². The van der Waals surface area contributed by atoms with Crippen LogP contribution < -0.4 is 4.90 Å². The summed E-state index contributed by atoms with van der Waals surface area (Å²) < 4.78 is 0. The minimum absolute atomic E-state index is 0.214. The first-order valence-electron chi connectivity index (χ1n) is 8.38. The topological polar surface area (TPSA) is 65.3 Å². The summed E-state index contributed by atoms with van der Waals surface area (Å²) in [5, 5.41) is 21.1. The van der Waals surface area contributed by atoms with Crippen molar-refractivity contribution in [3.05, 3.63) is 53.4 Å². The van der Waals surface area contributed by atoms with E-state index in [0.29, 0.717) is 5.69 Å². The lowest BCUT2D eigenvalue weighted by molar-refractivity contribution is 0.0697. The number of hydrogen-bond acceptors (Lipinski definition) is 6. The first kappa shape index (κ1) is 16.9. The van der Waals surface area contributed by atoms with Gasteiger partial charge in [-0.1, -0.05) is 12.1 Å². The van der Waals surface area contributed by atoms with Gasteiger partial charge in [0.15, 0.2) is 0 Å². The number of anilines is 1. The summed E-state index contributed by atoms with van der Waals surface area (Å²) in [6.45, 7) is 2.09. The van der Waals surface area contributed by atoms with Crippen molar-refractivity contribution in [3.63, 3.8) is 0 Å². The van der Waals surface area contributed by atoms with Crippen molar-refractivity contribution >= 4 is 45.0 Å². The molecule has 7 heteroatoms. The van der Waals surface area contributed by atoms with Crippen LogP contribution in [0.1, 0.15) is 23.2 Å². The molecule has 0 bridgehead atoms. The molecule has 3 heterocycles. The Hall–Kier alpha value is -2.51. The molecule has 3 aromatic rings. The molecule has 4 rings (SSSR count). The van der Waals surface area contributed by atoms with Gasteiger partial charge >= 0.3 is 5.97 Å². The number of carboxylic acid groups (broad SMARTS) is 1. The molecule has 2 aromatic heterocycles. The lowest BCUT2D eigenvalue weighted by Gasteiger charge is -2.15. The van der Waals surface area contributed by atoms with Gasteiger partial charge < -0.3 is 10.0 Å². The molecule has 1 aliphatic rings. The number of carbonyl (C=O) groups is 1. The average molecular weight is 383 g/mol. The molecule has 0 radical (unpaired) electrons. The Labute approximate surface area is 159 Å². The molecule has 26 heavy (non-hydrogen) atoms. The zero-order valence-electron chi connectivity index (χ0n) is 14.0. The number of azo groups is 1.